The van der Waals surface area contributed by atoms with Crippen molar-refractivity contribution >= 4 is 28.4 Å². The third kappa shape index (κ3) is 3.77. The number of esters is 1. The highest BCUT2D eigenvalue weighted by Gasteiger charge is 2.16. The molecule has 26 heavy (non-hydrogen) atoms. The Kier molecular flexibility index (Phi) is 5.38. The second-order valence-electron chi connectivity index (χ2n) is 5.26. The molecule has 3 rings (SSSR count). The molecule has 0 unspecified atom stereocenters. The van der Waals surface area contributed by atoms with Gasteiger partial charge in [-0.25, -0.2) is 14.8 Å². The first-order valence-electron chi connectivity index (χ1n) is 8.08. The first-order valence-corrected chi connectivity index (χ1v) is 8.08. The van der Waals surface area contributed by atoms with Gasteiger partial charge >= 0.3 is 5.97 Å². The summed E-state index contributed by atoms with van der Waals surface area (Å²) < 4.78 is 10.3. The van der Waals surface area contributed by atoms with Gasteiger partial charge in [0.1, 0.15) is 12.1 Å². The Labute approximate surface area is 150 Å². The predicted molar refractivity (Wildman–Crippen MR) is 99.3 cm³/mol. The Balaban J connectivity index is 1.96. The van der Waals surface area contributed by atoms with Crippen LogP contribution in [-0.4, -0.2) is 35.4 Å². The third-order valence-corrected chi connectivity index (χ3v) is 3.65. The molecule has 132 valence electrons. The van der Waals surface area contributed by atoms with E-state index in [-0.39, 0.29) is 12.3 Å². The van der Waals surface area contributed by atoms with Gasteiger partial charge in [-0.3, -0.25) is 5.43 Å². The summed E-state index contributed by atoms with van der Waals surface area (Å²) >= 11 is 0. The molecule has 3 aromatic rings. The van der Waals surface area contributed by atoms with Crippen molar-refractivity contribution in [2.45, 2.75) is 6.92 Å². The molecule has 7 heteroatoms. The smallest absolute Gasteiger partial charge is 0.359 e. The molecule has 1 aromatic heterocycles. The van der Waals surface area contributed by atoms with Crippen LogP contribution in [0.4, 0.5) is 5.82 Å². The number of fused-ring (bicyclic) bond motifs is 1. The number of hydrogen-bond donors (Lipinski definition) is 1. The standard InChI is InChI=1S/C19H18N4O3/c1-3-26-19(24)17(13-8-10-14(25-2)11-9-13)22-23-18-15-6-4-5-7-16(15)20-12-21-18/h4-12H,3H2,1-2H3,(H,20,21,23)/b22-17+. The zero-order chi connectivity index (χ0) is 18.4. The maximum Gasteiger partial charge on any atom is 0.359 e. The van der Waals surface area contributed by atoms with Crippen LogP contribution in [0.15, 0.2) is 60.0 Å². The van der Waals surface area contributed by atoms with Gasteiger partial charge in [-0.15, -0.1) is 0 Å². The monoisotopic (exact) mass is 350 g/mol. The van der Waals surface area contributed by atoms with Crippen molar-refractivity contribution in [3.05, 3.63) is 60.4 Å². The molecule has 0 aliphatic rings. The molecular formula is C19H18N4O3. The molecule has 0 bridgehead atoms. The molecule has 0 saturated heterocycles. The van der Waals surface area contributed by atoms with Crippen LogP contribution in [0.3, 0.4) is 0 Å². The number of nitrogens with zero attached hydrogens (tertiary/aromatic N) is 3. The molecule has 0 aliphatic carbocycles. The van der Waals surface area contributed by atoms with Gasteiger partial charge in [-0.1, -0.05) is 12.1 Å². The number of rotatable bonds is 6. The molecule has 7 nitrogen and oxygen atoms in total. The highest BCUT2D eigenvalue weighted by atomic mass is 16.5. The Morgan fingerprint density at radius 1 is 1.12 bits per heavy atom. The van der Waals surface area contributed by atoms with E-state index >= 15 is 0 Å². The molecule has 0 atom stereocenters. The average molecular weight is 350 g/mol. The lowest BCUT2D eigenvalue weighted by Gasteiger charge is -2.09. The summed E-state index contributed by atoms with van der Waals surface area (Å²) in [5.41, 5.74) is 4.40. The summed E-state index contributed by atoms with van der Waals surface area (Å²) in [6.07, 6.45) is 1.44. The summed E-state index contributed by atoms with van der Waals surface area (Å²) in [7, 11) is 1.58. The second kappa shape index (κ2) is 8.06. The van der Waals surface area contributed by atoms with Crippen molar-refractivity contribution in [3.63, 3.8) is 0 Å². The van der Waals surface area contributed by atoms with E-state index in [1.807, 2.05) is 24.3 Å². The van der Waals surface area contributed by atoms with Gasteiger partial charge in [0, 0.05) is 10.9 Å². The Morgan fingerprint density at radius 2 is 1.88 bits per heavy atom. The number of nitrogens with one attached hydrogen (secondary N) is 1. The van der Waals surface area contributed by atoms with E-state index in [2.05, 4.69) is 20.5 Å². The van der Waals surface area contributed by atoms with Crippen LogP contribution in [0, 0.1) is 0 Å². The van der Waals surface area contributed by atoms with Gasteiger partial charge in [-0.05, 0) is 43.3 Å². The SMILES string of the molecule is CCOC(=O)/C(=N/Nc1ncnc2ccccc12)c1ccc(OC)cc1. The highest BCUT2D eigenvalue weighted by Crippen LogP contribution is 2.19. The van der Waals surface area contributed by atoms with Crippen molar-refractivity contribution in [2.75, 3.05) is 19.1 Å². The first-order chi connectivity index (χ1) is 12.7. The number of carbonyl (C=O) groups excluding carboxylic acids is 1. The Morgan fingerprint density at radius 3 is 2.62 bits per heavy atom. The van der Waals surface area contributed by atoms with Crippen LogP contribution in [0.2, 0.25) is 0 Å². The topological polar surface area (TPSA) is 85.7 Å². The van der Waals surface area contributed by atoms with E-state index in [4.69, 9.17) is 9.47 Å². The number of aromatic nitrogens is 2. The fourth-order valence-corrected chi connectivity index (χ4v) is 2.38. The van der Waals surface area contributed by atoms with Crippen molar-refractivity contribution in [3.8, 4) is 5.75 Å². The van der Waals surface area contributed by atoms with E-state index in [1.54, 1.807) is 38.3 Å². The minimum atomic E-state index is -0.525. The van der Waals surface area contributed by atoms with Gasteiger partial charge in [0.25, 0.3) is 0 Å². The van der Waals surface area contributed by atoms with E-state index in [0.717, 1.165) is 10.9 Å². The maximum absolute atomic E-state index is 12.3. The van der Waals surface area contributed by atoms with Crippen molar-refractivity contribution < 1.29 is 14.3 Å². The molecule has 0 fully saturated rings. The van der Waals surface area contributed by atoms with Crippen LogP contribution in [-0.2, 0) is 9.53 Å². The summed E-state index contributed by atoms with van der Waals surface area (Å²) in [6.45, 7) is 2.00. The minimum absolute atomic E-state index is 0.150. The number of benzene rings is 2. The Hall–Kier alpha value is -3.48. The lowest BCUT2D eigenvalue weighted by Crippen LogP contribution is -2.20. The highest BCUT2D eigenvalue weighted by molar-refractivity contribution is 6.43. The van der Waals surface area contributed by atoms with E-state index in [1.165, 1.54) is 6.33 Å². The van der Waals surface area contributed by atoms with Gasteiger partial charge in [0.05, 0.1) is 19.2 Å². The van der Waals surface area contributed by atoms with Crippen LogP contribution in [0.25, 0.3) is 10.9 Å². The van der Waals surface area contributed by atoms with Crippen LogP contribution in [0.5, 0.6) is 5.75 Å². The molecule has 2 aromatic carbocycles. The molecule has 0 radical (unpaired) electrons. The summed E-state index contributed by atoms with van der Waals surface area (Å²) in [6, 6.07) is 14.5. The van der Waals surface area contributed by atoms with Gasteiger partial charge < -0.3 is 9.47 Å². The van der Waals surface area contributed by atoms with Gasteiger partial charge in [0.15, 0.2) is 11.5 Å². The number of anilines is 1. The molecule has 0 amide bonds. The molecule has 0 spiro atoms. The first kappa shape index (κ1) is 17.3. The van der Waals surface area contributed by atoms with Crippen molar-refractivity contribution in [1.29, 1.82) is 0 Å². The molecule has 0 saturated carbocycles. The molecule has 0 aliphatic heterocycles. The number of carbonyl (C=O) groups is 1. The van der Waals surface area contributed by atoms with Crippen molar-refractivity contribution in [1.82, 2.24) is 9.97 Å². The number of ether oxygens (including phenoxy) is 2. The minimum Gasteiger partial charge on any atom is -0.497 e. The molecule has 1 heterocycles. The van der Waals surface area contributed by atoms with E-state index in [0.29, 0.717) is 17.1 Å². The second-order valence-corrected chi connectivity index (χ2v) is 5.26. The zero-order valence-electron chi connectivity index (χ0n) is 14.5. The fraction of sp³-hybridized carbons (Fsp3) is 0.158. The van der Waals surface area contributed by atoms with Gasteiger partial charge in [-0.2, -0.15) is 5.10 Å². The van der Waals surface area contributed by atoms with Gasteiger partial charge in [0.2, 0.25) is 0 Å². The summed E-state index contributed by atoms with van der Waals surface area (Å²) in [5, 5.41) is 5.05. The maximum atomic E-state index is 12.3. The third-order valence-electron chi connectivity index (χ3n) is 3.65. The van der Waals surface area contributed by atoms with E-state index < -0.39 is 5.97 Å². The van der Waals surface area contributed by atoms with E-state index in [9.17, 15) is 4.79 Å². The van der Waals surface area contributed by atoms with Crippen LogP contribution >= 0.6 is 0 Å². The average Bonchev–Trinajstić information content (AvgIpc) is 2.69. The quantitative estimate of drug-likeness (QED) is 0.418. The Bertz CT molecular complexity index is 934. The summed E-state index contributed by atoms with van der Waals surface area (Å²) in [4.78, 5) is 20.7. The van der Waals surface area contributed by atoms with Crippen LogP contribution < -0.4 is 10.2 Å². The summed E-state index contributed by atoms with van der Waals surface area (Å²) in [5.74, 6) is 0.668. The predicted octanol–water partition coefficient (Wildman–Crippen LogP) is 3.02. The zero-order valence-corrected chi connectivity index (χ0v) is 14.5. The van der Waals surface area contributed by atoms with Crippen LogP contribution in [0.1, 0.15) is 12.5 Å². The number of methoxy groups -OCH3 is 1. The lowest BCUT2D eigenvalue weighted by atomic mass is 10.1. The normalized spacial score (nSPS) is 11.2. The van der Waals surface area contributed by atoms with Crippen molar-refractivity contribution in [2.24, 2.45) is 5.10 Å². The lowest BCUT2D eigenvalue weighted by molar-refractivity contribution is -0.134. The fourth-order valence-electron chi connectivity index (χ4n) is 2.38. The largest absolute Gasteiger partial charge is 0.497 e. The molecule has 1 N–H and O–H groups in total. The number of para-hydroxylation sites is 1. The number of hydrogen-bond acceptors (Lipinski definition) is 7. The number of hydrazone groups is 1. The molecular weight excluding hydrogens is 332 g/mol.